The van der Waals surface area contributed by atoms with Gasteiger partial charge in [0.15, 0.2) is 11.6 Å². The molecule has 0 amide bonds. The molecule has 2 aromatic rings. The largest absolute Gasteiger partial charge is 0.482 e. The van der Waals surface area contributed by atoms with E-state index in [1.807, 2.05) is 13.0 Å². The molecule has 176 valence electrons. The molecule has 33 heavy (non-hydrogen) atoms. The van der Waals surface area contributed by atoms with Crippen LogP contribution in [0.25, 0.3) is 5.70 Å². The highest BCUT2D eigenvalue weighted by Crippen LogP contribution is 2.33. The van der Waals surface area contributed by atoms with Gasteiger partial charge in [-0.15, -0.1) is 0 Å². The Balaban J connectivity index is 2.27. The van der Waals surface area contributed by atoms with E-state index in [9.17, 15) is 4.39 Å². The summed E-state index contributed by atoms with van der Waals surface area (Å²) < 4.78 is 20.3. The third kappa shape index (κ3) is 5.51. The number of rotatable bonds is 5. The molecule has 7 N–H and O–H groups in total. The minimum Gasteiger partial charge on any atom is -0.482 e. The number of allylic oxidation sites excluding steroid dienone is 1. The van der Waals surface area contributed by atoms with Crippen molar-refractivity contribution in [1.29, 1.82) is 5.41 Å². The second kappa shape index (κ2) is 10.5. The van der Waals surface area contributed by atoms with E-state index in [-0.39, 0.29) is 18.1 Å². The Morgan fingerprint density at radius 2 is 2.09 bits per heavy atom. The summed E-state index contributed by atoms with van der Waals surface area (Å²) in [6, 6.07) is 6.21. The first-order valence-corrected chi connectivity index (χ1v) is 11.1. The fourth-order valence-electron chi connectivity index (χ4n) is 3.83. The molecule has 3 rings (SSSR count). The third-order valence-corrected chi connectivity index (χ3v) is 5.53. The number of anilines is 1. The van der Waals surface area contributed by atoms with Crippen LogP contribution in [0.2, 0.25) is 0 Å². The molecule has 0 saturated heterocycles. The van der Waals surface area contributed by atoms with Crippen molar-refractivity contribution in [2.24, 2.45) is 11.7 Å². The van der Waals surface area contributed by atoms with Crippen LogP contribution < -0.4 is 26.8 Å². The van der Waals surface area contributed by atoms with Gasteiger partial charge in [-0.05, 0) is 48.3 Å². The summed E-state index contributed by atoms with van der Waals surface area (Å²) in [5.74, 6) is 0.645. The van der Waals surface area contributed by atoms with Gasteiger partial charge in [-0.25, -0.2) is 9.37 Å². The fraction of sp³-hybridized carbons (Fsp3) is 0.360. The smallest absolute Gasteiger partial charge is 0.166 e. The summed E-state index contributed by atoms with van der Waals surface area (Å²) in [4.78, 5) is 4.35. The highest BCUT2D eigenvalue weighted by molar-refractivity contribution is 6.12. The van der Waals surface area contributed by atoms with Crippen molar-refractivity contribution in [3.05, 3.63) is 70.3 Å². The standard InChI is InChI=1S/C25H33FN6O/c1-14(2)11-31-24-16(10-27)7-17(12-30-4)23(28)20-6-5-19(26)9-21(20)15(3)33-22-8-18(24)13-32-25(22)29/h5-6,8-9,12-15,28,30-31H,7,10-11,27H2,1-4H3,(H2,29,32)/b17-12-,24-16-,28-23?/t15-/m1/s1. The van der Waals surface area contributed by atoms with Gasteiger partial charge in [0.05, 0.1) is 5.71 Å². The molecule has 1 atom stereocenters. The van der Waals surface area contributed by atoms with E-state index in [2.05, 4.69) is 29.5 Å². The van der Waals surface area contributed by atoms with Crippen molar-refractivity contribution in [2.45, 2.75) is 33.3 Å². The van der Waals surface area contributed by atoms with Gasteiger partial charge in [0.2, 0.25) is 0 Å². The van der Waals surface area contributed by atoms with Crippen molar-refractivity contribution in [2.75, 3.05) is 25.9 Å². The molecule has 0 fully saturated rings. The Labute approximate surface area is 194 Å². The van der Waals surface area contributed by atoms with E-state index >= 15 is 0 Å². The molecule has 0 aliphatic carbocycles. The summed E-state index contributed by atoms with van der Waals surface area (Å²) >= 11 is 0. The van der Waals surface area contributed by atoms with Gasteiger partial charge < -0.3 is 26.8 Å². The quantitative estimate of drug-likeness (QED) is 0.471. The van der Waals surface area contributed by atoms with Crippen LogP contribution >= 0.6 is 0 Å². The topological polar surface area (TPSA) is 122 Å². The Hall–Kier alpha value is -3.39. The van der Waals surface area contributed by atoms with E-state index in [1.165, 1.54) is 12.1 Å². The van der Waals surface area contributed by atoms with Gasteiger partial charge >= 0.3 is 0 Å². The lowest BCUT2D eigenvalue weighted by Gasteiger charge is -2.24. The molecule has 8 heteroatoms. The number of benzene rings is 1. The number of fused-ring (bicyclic) bond motifs is 3. The van der Waals surface area contributed by atoms with E-state index in [0.717, 1.165) is 29.0 Å². The van der Waals surface area contributed by atoms with Gasteiger partial charge in [-0.3, -0.25) is 5.41 Å². The number of hydrogen-bond acceptors (Lipinski definition) is 7. The lowest BCUT2D eigenvalue weighted by atomic mass is 9.90. The number of ether oxygens (including phenoxy) is 1. The van der Waals surface area contributed by atoms with Crippen molar-refractivity contribution in [3.63, 3.8) is 0 Å². The van der Waals surface area contributed by atoms with Gasteiger partial charge in [-0.2, -0.15) is 0 Å². The minimum atomic E-state index is -0.560. The maximum Gasteiger partial charge on any atom is 0.166 e. The molecule has 0 spiro atoms. The van der Waals surface area contributed by atoms with Crippen molar-refractivity contribution in [1.82, 2.24) is 15.6 Å². The SMILES string of the molecule is CN/C=C1/C/C(CN)=C(/NCC(C)C)c2cnc(N)c(c2)O[C@H](C)c2cc(F)ccc2C1=N. The highest BCUT2D eigenvalue weighted by Gasteiger charge is 2.23. The predicted octanol–water partition coefficient (Wildman–Crippen LogP) is 3.73. The van der Waals surface area contributed by atoms with Crippen LogP contribution in [-0.4, -0.2) is 30.8 Å². The van der Waals surface area contributed by atoms with Crippen LogP contribution in [0.4, 0.5) is 10.2 Å². The first-order valence-electron chi connectivity index (χ1n) is 11.1. The average Bonchev–Trinajstić information content (AvgIpc) is 2.78. The van der Waals surface area contributed by atoms with Crippen LogP contribution in [0.3, 0.4) is 0 Å². The van der Waals surface area contributed by atoms with E-state index in [1.54, 1.807) is 25.5 Å². The Morgan fingerprint density at radius 1 is 1.33 bits per heavy atom. The Morgan fingerprint density at radius 3 is 2.76 bits per heavy atom. The monoisotopic (exact) mass is 452 g/mol. The van der Waals surface area contributed by atoms with E-state index in [4.69, 9.17) is 21.6 Å². The zero-order chi connectivity index (χ0) is 24.1. The Kier molecular flexibility index (Phi) is 7.71. The maximum atomic E-state index is 14.2. The number of nitrogen functional groups attached to an aromatic ring is 1. The number of pyridine rings is 1. The normalized spacial score (nSPS) is 20.0. The molecule has 2 bridgehead atoms. The molecule has 1 aromatic carbocycles. The molecule has 1 aliphatic heterocycles. The number of aromatic nitrogens is 1. The van der Waals surface area contributed by atoms with Crippen molar-refractivity contribution >= 4 is 17.2 Å². The minimum absolute atomic E-state index is 0.240. The van der Waals surface area contributed by atoms with E-state index in [0.29, 0.717) is 29.2 Å². The number of nitrogens with two attached hydrogens (primary N) is 2. The van der Waals surface area contributed by atoms with Crippen LogP contribution in [0, 0.1) is 17.1 Å². The Bertz CT molecular complexity index is 1090. The molecular formula is C25H33FN6O. The molecule has 1 aliphatic rings. The van der Waals surface area contributed by atoms with Gasteiger partial charge in [0, 0.05) is 61.3 Å². The van der Waals surface area contributed by atoms with Crippen LogP contribution in [0.15, 0.2) is 47.8 Å². The van der Waals surface area contributed by atoms with Gasteiger partial charge in [-0.1, -0.05) is 13.8 Å². The van der Waals surface area contributed by atoms with Crippen LogP contribution in [0.1, 0.15) is 50.0 Å². The zero-order valence-electron chi connectivity index (χ0n) is 19.6. The molecule has 0 saturated carbocycles. The summed E-state index contributed by atoms with van der Waals surface area (Å²) in [6.45, 7) is 7.08. The van der Waals surface area contributed by atoms with E-state index < -0.39 is 11.9 Å². The molecule has 0 radical (unpaired) electrons. The lowest BCUT2D eigenvalue weighted by molar-refractivity contribution is 0.227. The molecular weight excluding hydrogens is 419 g/mol. The van der Waals surface area contributed by atoms with Crippen molar-refractivity contribution in [3.8, 4) is 5.75 Å². The summed E-state index contributed by atoms with van der Waals surface area (Å²) in [5, 5.41) is 15.5. The number of nitrogens with one attached hydrogen (secondary N) is 3. The van der Waals surface area contributed by atoms with Crippen LogP contribution in [-0.2, 0) is 0 Å². The first-order chi connectivity index (χ1) is 15.7. The lowest BCUT2D eigenvalue weighted by Crippen LogP contribution is -2.24. The first kappa shape index (κ1) is 24.3. The number of halogens is 1. The highest BCUT2D eigenvalue weighted by atomic mass is 19.1. The second-order valence-corrected chi connectivity index (χ2v) is 8.57. The number of nitrogens with zero attached hydrogens (tertiary/aromatic N) is 1. The fourth-order valence-corrected chi connectivity index (χ4v) is 3.83. The summed E-state index contributed by atoms with van der Waals surface area (Å²) in [6.07, 6.45) is 3.35. The average molecular weight is 453 g/mol. The van der Waals surface area contributed by atoms with Gasteiger partial charge in [0.25, 0.3) is 0 Å². The third-order valence-electron chi connectivity index (χ3n) is 5.53. The predicted molar refractivity (Wildman–Crippen MR) is 131 cm³/mol. The summed E-state index contributed by atoms with van der Waals surface area (Å²) in [5.41, 5.74) is 17.0. The second-order valence-electron chi connectivity index (χ2n) is 8.57. The maximum absolute atomic E-state index is 14.2. The molecule has 1 aromatic heterocycles. The van der Waals surface area contributed by atoms with Gasteiger partial charge in [0.1, 0.15) is 11.9 Å². The van der Waals surface area contributed by atoms with Crippen molar-refractivity contribution < 1.29 is 9.13 Å². The zero-order valence-corrected chi connectivity index (χ0v) is 19.6. The van der Waals surface area contributed by atoms with Crippen LogP contribution in [0.5, 0.6) is 5.75 Å². The molecule has 2 heterocycles. The number of hydrogen-bond donors (Lipinski definition) is 5. The summed E-state index contributed by atoms with van der Waals surface area (Å²) in [7, 11) is 1.79. The molecule has 0 unspecified atom stereocenters. The molecule has 7 nitrogen and oxygen atoms in total.